The normalized spacial score (nSPS) is 10.9. The number of halogens is 2. The molecule has 0 spiro atoms. The fourth-order valence-corrected chi connectivity index (χ4v) is 3.22. The molecule has 6 heteroatoms. The number of thiophene rings is 1. The lowest BCUT2D eigenvalue weighted by Crippen LogP contribution is -2.07. The van der Waals surface area contributed by atoms with Crippen LogP contribution in [-0.2, 0) is 4.79 Å². The van der Waals surface area contributed by atoms with E-state index in [1.54, 1.807) is 41.8 Å². The van der Waals surface area contributed by atoms with Gasteiger partial charge in [0.2, 0.25) is 5.91 Å². The molecule has 0 saturated heterocycles. The van der Waals surface area contributed by atoms with Crippen LogP contribution in [0.4, 0.5) is 5.69 Å². The Labute approximate surface area is 153 Å². The standard InChI is InChI=1S/C18H12Cl2N2OS/c19-15-6-3-13(10-16(15)20)22-18(23)8-5-14-4-7-17(24-14)12-2-1-9-21-11-12/h1-11H,(H,22,23)/b8-5+. The number of carbonyl (C=O) groups excluding carboxylic acids is 1. The lowest BCUT2D eigenvalue weighted by molar-refractivity contribution is -0.111. The summed E-state index contributed by atoms with van der Waals surface area (Å²) in [5, 5.41) is 3.60. The summed E-state index contributed by atoms with van der Waals surface area (Å²) < 4.78 is 0. The molecule has 3 aromatic rings. The largest absolute Gasteiger partial charge is 0.322 e. The average molecular weight is 375 g/mol. The molecule has 1 N–H and O–H groups in total. The molecule has 0 aliphatic rings. The monoisotopic (exact) mass is 374 g/mol. The van der Waals surface area contributed by atoms with Crippen molar-refractivity contribution in [1.29, 1.82) is 0 Å². The smallest absolute Gasteiger partial charge is 0.248 e. The highest BCUT2D eigenvalue weighted by atomic mass is 35.5. The zero-order valence-electron chi connectivity index (χ0n) is 12.4. The minimum Gasteiger partial charge on any atom is -0.322 e. The van der Waals surface area contributed by atoms with E-state index in [1.165, 1.54) is 6.08 Å². The van der Waals surface area contributed by atoms with Crippen molar-refractivity contribution in [2.45, 2.75) is 0 Å². The summed E-state index contributed by atoms with van der Waals surface area (Å²) in [6.07, 6.45) is 6.82. The van der Waals surface area contributed by atoms with Gasteiger partial charge in [0.05, 0.1) is 10.0 Å². The van der Waals surface area contributed by atoms with Gasteiger partial charge in [-0.25, -0.2) is 0 Å². The van der Waals surface area contributed by atoms with Crippen molar-refractivity contribution >= 4 is 52.2 Å². The van der Waals surface area contributed by atoms with E-state index in [2.05, 4.69) is 10.3 Å². The first kappa shape index (κ1) is 16.7. The van der Waals surface area contributed by atoms with Crippen LogP contribution in [0.25, 0.3) is 16.5 Å². The SMILES string of the molecule is O=C(/C=C/c1ccc(-c2cccnc2)s1)Nc1ccc(Cl)c(Cl)c1. The maximum absolute atomic E-state index is 12.0. The lowest BCUT2D eigenvalue weighted by Gasteiger charge is -2.03. The van der Waals surface area contributed by atoms with Gasteiger partial charge in [0.25, 0.3) is 0 Å². The summed E-state index contributed by atoms with van der Waals surface area (Å²) in [5.41, 5.74) is 1.66. The number of nitrogens with zero attached hydrogens (tertiary/aromatic N) is 1. The second-order valence-corrected chi connectivity index (χ2v) is 6.82. The van der Waals surface area contributed by atoms with E-state index in [0.717, 1.165) is 15.3 Å². The van der Waals surface area contributed by atoms with E-state index < -0.39 is 0 Å². The van der Waals surface area contributed by atoms with E-state index in [-0.39, 0.29) is 5.91 Å². The van der Waals surface area contributed by atoms with Gasteiger partial charge < -0.3 is 5.32 Å². The van der Waals surface area contributed by atoms with Crippen molar-refractivity contribution in [3.8, 4) is 10.4 Å². The number of benzene rings is 1. The molecule has 0 aliphatic heterocycles. The third-order valence-electron chi connectivity index (χ3n) is 3.16. The first-order chi connectivity index (χ1) is 11.6. The number of hydrogen-bond donors (Lipinski definition) is 1. The highest BCUT2D eigenvalue weighted by molar-refractivity contribution is 7.16. The van der Waals surface area contributed by atoms with Crippen LogP contribution >= 0.6 is 34.5 Å². The Hall–Kier alpha value is -2.14. The van der Waals surface area contributed by atoms with Gasteiger partial charge in [-0.05, 0) is 42.5 Å². The topological polar surface area (TPSA) is 42.0 Å². The van der Waals surface area contributed by atoms with Gasteiger partial charge in [0.1, 0.15) is 0 Å². The van der Waals surface area contributed by atoms with Gasteiger partial charge in [-0.2, -0.15) is 0 Å². The van der Waals surface area contributed by atoms with Gasteiger partial charge in [-0.15, -0.1) is 11.3 Å². The van der Waals surface area contributed by atoms with Gasteiger partial charge in [0, 0.05) is 39.5 Å². The van der Waals surface area contributed by atoms with Crippen LogP contribution in [0.2, 0.25) is 10.0 Å². The second kappa shape index (κ2) is 7.62. The third kappa shape index (κ3) is 4.23. The zero-order valence-corrected chi connectivity index (χ0v) is 14.7. The molecule has 24 heavy (non-hydrogen) atoms. The maximum atomic E-state index is 12.0. The van der Waals surface area contributed by atoms with Gasteiger partial charge in [-0.3, -0.25) is 9.78 Å². The van der Waals surface area contributed by atoms with Crippen LogP contribution in [0.3, 0.4) is 0 Å². The van der Waals surface area contributed by atoms with Gasteiger partial charge >= 0.3 is 0 Å². The van der Waals surface area contributed by atoms with Crippen LogP contribution in [0.15, 0.2) is 60.9 Å². The molecule has 0 fully saturated rings. The number of amides is 1. The molecule has 0 bridgehead atoms. The number of aromatic nitrogens is 1. The number of carbonyl (C=O) groups is 1. The summed E-state index contributed by atoms with van der Waals surface area (Å²) in [6, 6.07) is 12.8. The molecule has 120 valence electrons. The Balaban J connectivity index is 1.66. The molecule has 0 unspecified atom stereocenters. The quantitative estimate of drug-likeness (QED) is 0.589. The van der Waals surface area contributed by atoms with Crippen molar-refractivity contribution < 1.29 is 4.79 Å². The van der Waals surface area contributed by atoms with Gasteiger partial charge in [0.15, 0.2) is 0 Å². The summed E-state index contributed by atoms with van der Waals surface area (Å²) in [7, 11) is 0. The van der Waals surface area contributed by atoms with Crippen LogP contribution in [0.1, 0.15) is 4.88 Å². The first-order valence-corrected chi connectivity index (χ1v) is 8.63. The van der Waals surface area contributed by atoms with Crippen LogP contribution in [0, 0.1) is 0 Å². The van der Waals surface area contributed by atoms with E-state index in [4.69, 9.17) is 23.2 Å². The Kier molecular flexibility index (Phi) is 5.30. The predicted octanol–water partition coefficient (Wildman–Crippen LogP) is 5.77. The molecular formula is C18H12Cl2N2OS. The molecule has 0 aliphatic carbocycles. The van der Waals surface area contributed by atoms with E-state index >= 15 is 0 Å². The predicted molar refractivity (Wildman–Crippen MR) is 102 cm³/mol. The Morgan fingerprint density at radius 3 is 2.75 bits per heavy atom. The molecule has 0 radical (unpaired) electrons. The third-order valence-corrected chi connectivity index (χ3v) is 5.00. The minimum atomic E-state index is -0.232. The van der Waals surface area contributed by atoms with Crippen molar-refractivity contribution in [2.24, 2.45) is 0 Å². The lowest BCUT2D eigenvalue weighted by atomic mass is 10.2. The number of pyridine rings is 1. The molecule has 3 rings (SSSR count). The number of rotatable bonds is 4. The summed E-state index contributed by atoms with van der Waals surface area (Å²) in [6.45, 7) is 0. The fourth-order valence-electron chi connectivity index (χ4n) is 2.02. The average Bonchev–Trinajstić information content (AvgIpc) is 3.06. The van der Waals surface area contributed by atoms with Crippen LogP contribution < -0.4 is 5.32 Å². The van der Waals surface area contributed by atoms with Crippen molar-refractivity contribution in [2.75, 3.05) is 5.32 Å². The zero-order chi connectivity index (χ0) is 16.9. The summed E-state index contributed by atoms with van der Waals surface area (Å²) in [4.78, 5) is 18.2. The first-order valence-electron chi connectivity index (χ1n) is 7.06. The second-order valence-electron chi connectivity index (χ2n) is 4.90. The molecule has 2 heterocycles. The highest BCUT2D eigenvalue weighted by Crippen LogP contribution is 2.28. The van der Waals surface area contributed by atoms with E-state index in [9.17, 15) is 4.79 Å². The van der Waals surface area contributed by atoms with Crippen molar-refractivity contribution in [1.82, 2.24) is 4.98 Å². The van der Waals surface area contributed by atoms with E-state index in [1.807, 2.05) is 30.5 Å². The van der Waals surface area contributed by atoms with Crippen molar-refractivity contribution in [3.63, 3.8) is 0 Å². The molecule has 0 atom stereocenters. The molecule has 1 aromatic carbocycles. The molecule has 0 saturated carbocycles. The fraction of sp³-hybridized carbons (Fsp3) is 0. The minimum absolute atomic E-state index is 0.232. The van der Waals surface area contributed by atoms with Crippen LogP contribution in [-0.4, -0.2) is 10.9 Å². The maximum Gasteiger partial charge on any atom is 0.248 e. The van der Waals surface area contributed by atoms with Crippen LogP contribution in [0.5, 0.6) is 0 Å². The Bertz CT molecular complexity index is 891. The number of hydrogen-bond acceptors (Lipinski definition) is 3. The number of anilines is 1. The van der Waals surface area contributed by atoms with Gasteiger partial charge in [-0.1, -0.05) is 29.3 Å². The molecule has 1 amide bonds. The molecular weight excluding hydrogens is 363 g/mol. The highest BCUT2D eigenvalue weighted by Gasteiger charge is 2.03. The Morgan fingerprint density at radius 2 is 2.00 bits per heavy atom. The molecule has 3 nitrogen and oxygen atoms in total. The van der Waals surface area contributed by atoms with Crippen molar-refractivity contribution in [3.05, 3.63) is 75.9 Å². The summed E-state index contributed by atoms with van der Waals surface area (Å²) >= 11 is 13.4. The molecule has 2 aromatic heterocycles. The Morgan fingerprint density at radius 1 is 1.12 bits per heavy atom. The number of nitrogens with one attached hydrogen (secondary N) is 1. The summed E-state index contributed by atoms with van der Waals surface area (Å²) in [5.74, 6) is -0.232. The van der Waals surface area contributed by atoms with E-state index in [0.29, 0.717) is 15.7 Å².